The van der Waals surface area contributed by atoms with Gasteiger partial charge in [0.2, 0.25) is 0 Å². The molecule has 1 heterocycles. The number of anilines is 2. The average Bonchev–Trinajstić information content (AvgIpc) is 2.73. The van der Waals surface area contributed by atoms with Gasteiger partial charge in [0, 0.05) is 50.5 Å². The van der Waals surface area contributed by atoms with Gasteiger partial charge in [-0.25, -0.2) is 0 Å². The maximum Gasteiger partial charge on any atom is 0.292 e. The molecule has 1 saturated heterocycles. The van der Waals surface area contributed by atoms with E-state index in [2.05, 4.69) is 15.5 Å². The quantitative estimate of drug-likeness (QED) is 0.533. The molecule has 0 spiro atoms. The van der Waals surface area contributed by atoms with Gasteiger partial charge in [-0.05, 0) is 36.2 Å². The molecule has 3 rings (SSSR count). The zero-order valence-electron chi connectivity index (χ0n) is 16.2. The number of hydrogen-bond acceptors (Lipinski definition) is 7. The second-order valence-electron chi connectivity index (χ2n) is 6.59. The van der Waals surface area contributed by atoms with Crippen molar-refractivity contribution in [2.75, 3.05) is 57.2 Å². The van der Waals surface area contributed by atoms with E-state index in [-0.39, 0.29) is 10.6 Å². The lowest BCUT2D eigenvalue weighted by atomic mass is 10.1. The molecule has 28 heavy (non-hydrogen) atoms. The molecule has 0 atom stereocenters. The smallest absolute Gasteiger partial charge is 0.292 e. The van der Waals surface area contributed by atoms with Gasteiger partial charge < -0.3 is 25.0 Å². The number of ether oxygens (including phenoxy) is 2. The molecule has 150 valence electrons. The molecule has 2 N–H and O–H groups in total. The van der Waals surface area contributed by atoms with Gasteiger partial charge in [-0.2, -0.15) is 0 Å². The topological polar surface area (TPSA) is 88.9 Å². The zero-order chi connectivity index (χ0) is 19.9. The Balaban J connectivity index is 1.72. The highest BCUT2D eigenvalue weighted by molar-refractivity contribution is 5.69. The van der Waals surface area contributed by atoms with Crippen molar-refractivity contribution in [2.45, 2.75) is 6.42 Å². The number of nitro groups is 1. The first-order chi connectivity index (χ1) is 13.6. The number of nitrogens with zero attached hydrogens (tertiary/aromatic N) is 2. The van der Waals surface area contributed by atoms with Crippen LogP contribution in [0.3, 0.4) is 0 Å². The van der Waals surface area contributed by atoms with Crippen molar-refractivity contribution >= 4 is 17.1 Å². The summed E-state index contributed by atoms with van der Waals surface area (Å²) in [7, 11) is 3.23. The van der Waals surface area contributed by atoms with Crippen LogP contribution in [0.15, 0.2) is 36.4 Å². The van der Waals surface area contributed by atoms with Crippen LogP contribution < -0.4 is 25.0 Å². The van der Waals surface area contributed by atoms with Crippen LogP contribution in [0.4, 0.5) is 17.1 Å². The zero-order valence-corrected chi connectivity index (χ0v) is 16.2. The number of hydrogen-bond donors (Lipinski definition) is 2. The molecular weight excluding hydrogens is 360 g/mol. The minimum Gasteiger partial charge on any atom is -0.497 e. The molecule has 0 radical (unpaired) electrons. The second kappa shape index (κ2) is 9.27. The lowest BCUT2D eigenvalue weighted by molar-refractivity contribution is -0.383. The van der Waals surface area contributed by atoms with Gasteiger partial charge in [-0.3, -0.25) is 10.1 Å². The molecule has 8 nitrogen and oxygen atoms in total. The minimum absolute atomic E-state index is 0.0853. The Morgan fingerprint density at radius 1 is 1.11 bits per heavy atom. The second-order valence-corrected chi connectivity index (χ2v) is 6.59. The first-order valence-electron chi connectivity index (χ1n) is 9.30. The Hall–Kier alpha value is -3.00. The van der Waals surface area contributed by atoms with E-state index in [1.54, 1.807) is 20.3 Å². The molecule has 0 unspecified atom stereocenters. The van der Waals surface area contributed by atoms with Crippen molar-refractivity contribution in [3.05, 3.63) is 52.1 Å². The molecule has 2 aromatic rings. The molecule has 1 aliphatic heterocycles. The number of nitrogens with one attached hydrogen (secondary N) is 2. The van der Waals surface area contributed by atoms with Gasteiger partial charge in [0.1, 0.15) is 17.2 Å². The number of nitro benzene ring substituents is 1. The summed E-state index contributed by atoms with van der Waals surface area (Å²) in [5.41, 5.74) is 2.65. The number of rotatable bonds is 8. The van der Waals surface area contributed by atoms with Crippen LogP contribution in [0.1, 0.15) is 5.56 Å². The van der Waals surface area contributed by atoms with Crippen molar-refractivity contribution in [2.24, 2.45) is 0 Å². The largest absolute Gasteiger partial charge is 0.497 e. The Bertz CT molecular complexity index is 800. The molecule has 1 aliphatic rings. The maximum atomic E-state index is 11.4. The van der Waals surface area contributed by atoms with Crippen LogP contribution >= 0.6 is 0 Å². The maximum absolute atomic E-state index is 11.4. The fourth-order valence-corrected chi connectivity index (χ4v) is 3.30. The Labute approximate surface area is 164 Å². The molecule has 0 amide bonds. The summed E-state index contributed by atoms with van der Waals surface area (Å²) < 4.78 is 10.6. The third-order valence-corrected chi connectivity index (χ3v) is 4.80. The molecular formula is C20H26N4O4. The van der Waals surface area contributed by atoms with E-state index in [0.29, 0.717) is 18.7 Å². The van der Waals surface area contributed by atoms with E-state index in [1.165, 1.54) is 0 Å². The van der Waals surface area contributed by atoms with Crippen molar-refractivity contribution in [3.8, 4) is 11.5 Å². The third kappa shape index (κ3) is 4.83. The van der Waals surface area contributed by atoms with Gasteiger partial charge in [-0.1, -0.05) is 0 Å². The third-order valence-electron chi connectivity index (χ3n) is 4.80. The highest BCUT2D eigenvalue weighted by atomic mass is 16.6. The fraction of sp³-hybridized carbons (Fsp3) is 0.400. The van der Waals surface area contributed by atoms with E-state index in [0.717, 1.165) is 48.9 Å². The highest BCUT2D eigenvalue weighted by Crippen LogP contribution is 2.30. The predicted molar refractivity (Wildman–Crippen MR) is 110 cm³/mol. The predicted octanol–water partition coefficient (Wildman–Crippen LogP) is 2.68. The molecule has 2 aromatic carbocycles. The van der Waals surface area contributed by atoms with Gasteiger partial charge in [-0.15, -0.1) is 0 Å². The number of piperazine rings is 1. The van der Waals surface area contributed by atoms with Gasteiger partial charge >= 0.3 is 0 Å². The van der Waals surface area contributed by atoms with E-state index in [4.69, 9.17) is 9.47 Å². The number of benzene rings is 2. The monoisotopic (exact) mass is 386 g/mol. The van der Waals surface area contributed by atoms with Crippen LogP contribution in [-0.4, -0.2) is 51.9 Å². The van der Waals surface area contributed by atoms with E-state index in [1.807, 2.05) is 30.3 Å². The van der Waals surface area contributed by atoms with Crippen LogP contribution in [0.25, 0.3) is 0 Å². The normalized spacial score (nSPS) is 13.9. The van der Waals surface area contributed by atoms with Crippen LogP contribution in [0.5, 0.6) is 11.5 Å². The summed E-state index contributed by atoms with van der Waals surface area (Å²) in [6, 6.07) is 11.0. The lowest BCUT2D eigenvalue weighted by Crippen LogP contribution is -2.43. The van der Waals surface area contributed by atoms with E-state index < -0.39 is 0 Å². The Morgan fingerprint density at radius 2 is 1.79 bits per heavy atom. The van der Waals surface area contributed by atoms with E-state index in [9.17, 15) is 10.1 Å². The van der Waals surface area contributed by atoms with Crippen molar-refractivity contribution in [3.63, 3.8) is 0 Å². The lowest BCUT2D eigenvalue weighted by Gasteiger charge is -2.29. The Kier molecular flexibility index (Phi) is 6.54. The van der Waals surface area contributed by atoms with Crippen molar-refractivity contribution in [1.82, 2.24) is 5.32 Å². The van der Waals surface area contributed by atoms with Crippen LogP contribution in [-0.2, 0) is 6.42 Å². The molecule has 0 bridgehead atoms. The summed E-state index contributed by atoms with van der Waals surface area (Å²) in [6.45, 7) is 4.17. The minimum atomic E-state index is -0.349. The summed E-state index contributed by atoms with van der Waals surface area (Å²) >= 11 is 0. The molecule has 0 saturated carbocycles. The van der Waals surface area contributed by atoms with Gasteiger partial charge in [0.25, 0.3) is 5.69 Å². The molecule has 1 fully saturated rings. The first kappa shape index (κ1) is 19.8. The molecule has 8 heteroatoms. The number of methoxy groups -OCH3 is 2. The highest BCUT2D eigenvalue weighted by Gasteiger charge is 2.17. The summed E-state index contributed by atoms with van der Waals surface area (Å²) in [5.74, 6) is 1.45. The molecule has 0 aliphatic carbocycles. The Morgan fingerprint density at radius 3 is 2.39 bits per heavy atom. The summed E-state index contributed by atoms with van der Waals surface area (Å²) in [5, 5.41) is 18.0. The SMILES string of the molecule is COc1cc(CCNc2cc(N3CCNCC3)ccc2[N+](=O)[O-])cc(OC)c1. The van der Waals surface area contributed by atoms with E-state index >= 15 is 0 Å². The average molecular weight is 386 g/mol. The molecule has 0 aromatic heterocycles. The standard InChI is InChI=1S/C20H26N4O4/c1-27-17-11-15(12-18(14-17)28-2)5-6-22-19-13-16(3-4-20(19)24(25)26)23-9-7-21-8-10-23/h3-4,11-14,21-22H,5-10H2,1-2H3. The van der Waals surface area contributed by atoms with Crippen LogP contribution in [0.2, 0.25) is 0 Å². The summed E-state index contributed by atoms with van der Waals surface area (Å²) in [6.07, 6.45) is 0.683. The van der Waals surface area contributed by atoms with Crippen molar-refractivity contribution < 1.29 is 14.4 Å². The summed E-state index contributed by atoms with van der Waals surface area (Å²) in [4.78, 5) is 13.3. The fourth-order valence-electron chi connectivity index (χ4n) is 3.30. The van der Waals surface area contributed by atoms with Gasteiger partial charge in [0.15, 0.2) is 0 Å². The van der Waals surface area contributed by atoms with Crippen molar-refractivity contribution in [1.29, 1.82) is 0 Å². The van der Waals surface area contributed by atoms with Crippen LogP contribution in [0, 0.1) is 10.1 Å². The first-order valence-corrected chi connectivity index (χ1v) is 9.30. The van der Waals surface area contributed by atoms with Gasteiger partial charge in [0.05, 0.1) is 19.1 Å².